The molecule has 3 heterocycles. The number of anilines is 1. The molecule has 5 rings (SSSR count). The van der Waals surface area contributed by atoms with Crippen LogP contribution in [-0.2, 0) is 0 Å². The molecule has 0 atom stereocenters. The van der Waals surface area contributed by atoms with Gasteiger partial charge in [-0.25, -0.2) is 4.98 Å². The van der Waals surface area contributed by atoms with Crippen LogP contribution in [0.15, 0.2) is 40.3 Å². The zero-order valence-corrected chi connectivity index (χ0v) is 14.0. The number of nitrogens with one attached hydrogen (secondary N) is 1. The van der Waals surface area contributed by atoms with Crippen molar-refractivity contribution in [2.24, 2.45) is 0 Å². The van der Waals surface area contributed by atoms with Gasteiger partial charge in [0.15, 0.2) is 11.5 Å². The van der Waals surface area contributed by atoms with Gasteiger partial charge >= 0.3 is 0 Å². The van der Waals surface area contributed by atoms with Gasteiger partial charge in [-0.2, -0.15) is 0 Å². The molecule has 23 heavy (non-hydrogen) atoms. The summed E-state index contributed by atoms with van der Waals surface area (Å²) in [5, 5.41) is 6.08. The summed E-state index contributed by atoms with van der Waals surface area (Å²) in [7, 11) is 0. The van der Waals surface area contributed by atoms with Crippen LogP contribution in [0.1, 0.15) is 5.01 Å². The first-order chi connectivity index (χ1) is 11.2. The van der Waals surface area contributed by atoms with E-state index in [4.69, 9.17) is 21.1 Å². The molecule has 0 saturated heterocycles. The van der Waals surface area contributed by atoms with Crippen molar-refractivity contribution < 1.29 is 9.47 Å². The van der Waals surface area contributed by atoms with Crippen molar-refractivity contribution in [2.75, 3.05) is 12.1 Å². The Labute approximate surface area is 145 Å². The molecule has 1 N–H and O–H groups in total. The molecule has 0 unspecified atom stereocenters. The maximum Gasteiger partial charge on any atom is 0.231 e. The van der Waals surface area contributed by atoms with Crippen LogP contribution in [0.2, 0.25) is 5.02 Å². The number of benzene rings is 2. The Morgan fingerprint density at radius 1 is 1.17 bits per heavy atom. The van der Waals surface area contributed by atoms with E-state index in [9.17, 15) is 0 Å². The van der Waals surface area contributed by atoms with Crippen LogP contribution in [0.4, 0.5) is 5.69 Å². The summed E-state index contributed by atoms with van der Waals surface area (Å²) >= 11 is 9.34. The number of hydrogen-bond donors (Lipinski definition) is 1. The van der Waals surface area contributed by atoms with Crippen LogP contribution in [0.3, 0.4) is 0 Å². The smallest absolute Gasteiger partial charge is 0.231 e. The fourth-order valence-electron chi connectivity index (χ4n) is 2.54. The molecule has 2 aliphatic rings. The summed E-state index contributed by atoms with van der Waals surface area (Å²) in [6, 6.07) is 9.77. The maximum absolute atomic E-state index is 6.03. The molecule has 2 aliphatic heterocycles. The highest BCUT2D eigenvalue weighted by molar-refractivity contribution is 8.03. The number of thiazole rings is 1. The van der Waals surface area contributed by atoms with Crippen molar-refractivity contribution in [1.82, 2.24) is 4.98 Å². The first-order valence-corrected chi connectivity index (χ1v) is 8.92. The van der Waals surface area contributed by atoms with Gasteiger partial charge < -0.3 is 14.8 Å². The Hall–Kier alpha value is -1.89. The number of fused-ring (bicyclic) bond motifs is 3. The standard InChI is InChI=1S/C16H9ClN2O2S2/c17-8-1-2-13-9(3-8)18-15(22-13)6-16-19-10-4-11-12(21-7-20-11)5-14(10)23-16/h1-6,18H,7H2/b15-6-. The van der Waals surface area contributed by atoms with Gasteiger partial charge in [0, 0.05) is 28.1 Å². The van der Waals surface area contributed by atoms with Crippen molar-refractivity contribution >= 4 is 56.7 Å². The Morgan fingerprint density at radius 3 is 2.96 bits per heavy atom. The molecule has 1 aromatic heterocycles. The molecule has 0 fully saturated rings. The fourth-order valence-corrected chi connectivity index (χ4v) is 4.63. The van der Waals surface area contributed by atoms with Crippen LogP contribution in [0.25, 0.3) is 16.3 Å². The number of thioether (sulfide) groups is 1. The average molecular weight is 361 g/mol. The average Bonchev–Trinajstić information content (AvgIpc) is 3.20. The van der Waals surface area contributed by atoms with Crippen molar-refractivity contribution in [2.45, 2.75) is 4.90 Å². The minimum atomic E-state index is 0.283. The lowest BCUT2D eigenvalue weighted by Gasteiger charge is -1.97. The number of nitrogens with zero attached hydrogens (tertiary/aromatic N) is 1. The van der Waals surface area contributed by atoms with E-state index < -0.39 is 0 Å². The predicted octanol–water partition coefficient (Wildman–Crippen LogP) is 5.19. The molecule has 4 nitrogen and oxygen atoms in total. The van der Waals surface area contributed by atoms with Crippen LogP contribution in [0.5, 0.6) is 11.5 Å². The lowest BCUT2D eigenvalue weighted by molar-refractivity contribution is 0.174. The number of ether oxygens (including phenoxy) is 2. The molecule has 0 spiro atoms. The molecule has 7 heteroatoms. The largest absolute Gasteiger partial charge is 0.454 e. The van der Waals surface area contributed by atoms with Gasteiger partial charge in [-0.1, -0.05) is 23.4 Å². The predicted molar refractivity (Wildman–Crippen MR) is 94.7 cm³/mol. The molecule has 0 aliphatic carbocycles. The summed E-state index contributed by atoms with van der Waals surface area (Å²) in [5.41, 5.74) is 1.96. The number of rotatable bonds is 1. The van der Waals surface area contributed by atoms with Gasteiger partial charge in [-0.05, 0) is 18.2 Å². The van der Waals surface area contributed by atoms with Gasteiger partial charge in [0.1, 0.15) is 5.01 Å². The molecule has 114 valence electrons. The van der Waals surface area contributed by atoms with Gasteiger partial charge in [0.05, 0.1) is 20.9 Å². The van der Waals surface area contributed by atoms with E-state index in [2.05, 4.69) is 16.4 Å². The summed E-state index contributed by atoms with van der Waals surface area (Å²) in [6.07, 6.45) is 2.05. The summed E-state index contributed by atoms with van der Waals surface area (Å²) < 4.78 is 11.9. The molecule has 0 bridgehead atoms. The highest BCUT2D eigenvalue weighted by Gasteiger charge is 2.18. The molecule has 3 aromatic rings. The molecular formula is C16H9ClN2O2S2. The third kappa shape index (κ3) is 2.34. The van der Waals surface area contributed by atoms with E-state index in [1.807, 2.05) is 30.3 Å². The fraction of sp³-hybridized carbons (Fsp3) is 0.0625. The van der Waals surface area contributed by atoms with Crippen LogP contribution >= 0.6 is 34.7 Å². The van der Waals surface area contributed by atoms with Gasteiger partial charge in [-0.15, -0.1) is 11.3 Å². The minimum Gasteiger partial charge on any atom is -0.454 e. The Morgan fingerprint density at radius 2 is 2.04 bits per heavy atom. The van der Waals surface area contributed by atoms with E-state index in [0.29, 0.717) is 0 Å². The number of hydrogen-bond acceptors (Lipinski definition) is 6. The van der Waals surface area contributed by atoms with E-state index in [0.717, 1.165) is 42.5 Å². The Bertz CT molecular complexity index is 943. The Kier molecular flexibility index (Phi) is 2.98. The SMILES string of the molecule is Clc1ccc2c(c1)N/C(=C/c1nc3cc4c(cc3s1)OCO4)S2. The lowest BCUT2D eigenvalue weighted by atomic mass is 10.3. The van der Waals surface area contributed by atoms with Gasteiger partial charge in [-0.3, -0.25) is 0 Å². The monoisotopic (exact) mass is 360 g/mol. The zero-order chi connectivity index (χ0) is 15.4. The molecule has 2 aromatic carbocycles. The van der Waals surface area contributed by atoms with E-state index in [1.54, 1.807) is 23.1 Å². The van der Waals surface area contributed by atoms with E-state index in [1.165, 1.54) is 4.90 Å². The maximum atomic E-state index is 6.03. The molecular weight excluding hydrogens is 352 g/mol. The van der Waals surface area contributed by atoms with Crippen LogP contribution in [0, 0.1) is 0 Å². The first-order valence-electron chi connectivity index (χ1n) is 6.91. The van der Waals surface area contributed by atoms with Crippen LogP contribution in [-0.4, -0.2) is 11.8 Å². The second kappa shape index (κ2) is 5.06. The second-order valence-electron chi connectivity index (χ2n) is 5.10. The van der Waals surface area contributed by atoms with Gasteiger partial charge in [0.25, 0.3) is 0 Å². The van der Waals surface area contributed by atoms with E-state index >= 15 is 0 Å². The van der Waals surface area contributed by atoms with E-state index in [-0.39, 0.29) is 6.79 Å². The van der Waals surface area contributed by atoms with Gasteiger partial charge in [0.2, 0.25) is 6.79 Å². The normalized spacial score (nSPS) is 16.8. The highest BCUT2D eigenvalue weighted by atomic mass is 35.5. The zero-order valence-electron chi connectivity index (χ0n) is 11.6. The molecule has 0 amide bonds. The van der Waals surface area contributed by atoms with Crippen LogP contribution < -0.4 is 14.8 Å². The van der Waals surface area contributed by atoms with Crippen molar-refractivity contribution in [3.05, 3.63) is 45.4 Å². The number of halogens is 1. The Balaban J connectivity index is 1.50. The minimum absolute atomic E-state index is 0.283. The first kappa shape index (κ1) is 13.5. The molecule has 0 radical (unpaired) electrons. The third-order valence-electron chi connectivity index (χ3n) is 3.57. The summed E-state index contributed by atoms with van der Waals surface area (Å²) in [5.74, 6) is 1.55. The lowest BCUT2D eigenvalue weighted by Crippen LogP contribution is -1.92. The second-order valence-corrected chi connectivity index (χ2v) is 7.68. The van der Waals surface area contributed by atoms with Crippen molar-refractivity contribution in [3.63, 3.8) is 0 Å². The van der Waals surface area contributed by atoms with Crippen molar-refractivity contribution in [1.29, 1.82) is 0 Å². The quantitative estimate of drug-likeness (QED) is 0.646. The summed E-state index contributed by atoms with van der Waals surface area (Å²) in [6.45, 7) is 0.283. The third-order valence-corrected chi connectivity index (χ3v) is 5.79. The topological polar surface area (TPSA) is 43.4 Å². The highest BCUT2D eigenvalue weighted by Crippen LogP contribution is 2.43. The number of aromatic nitrogens is 1. The molecule has 0 saturated carbocycles. The summed E-state index contributed by atoms with van der Waals surface area (Å²) in [4.78, 5) is 5.83. The van der Waals surface area contributed by atoms with Crippen molar-refractivity contribution in [3.8, 4) is 11.5 Å².